The number of fused-ring (bicyclic) bond motifs is 4. The van der Waals surface area contributed by atoms with Gasteiger partial charge in [-0.3, -0.25) is 0 Å². The second-order valence-electron chi connectivity index (χ2n) is 18.6. The average Bonchev–Trinajstić information content (AvgIpc) is 3.67. The van der Waals surface area contributed by atoms with Gasteiger partial charge in [-0.1, -0.05) is 199 Å². The molecule has 0 unspecified atom stereocenters. The van der Waals surface area contributed by atoms with Gasteiger partial charge in [-0.05, 0) is 109 Å². The molecule has 1 aromatic heterocycles. The molecule has 0 aliphatic carbocycles. The topological polar surface area (TPSA) is 16.4 Å². The predicted octanol–water partition coefficient (Wildman–Crippen LogP) is 17.5. The summed E-state index contributed by atoms with van der Waals surface area (Å²) in [6, 6.07) is 73.1. The smallest absolute Gasteiger partial charge is 0.136 e. The standard InChI is InChI=1S/C60H51NO/c1-59(2,3)45-35-44(36-46(39-45)60(4,5)6)48-25-10-13-30-54(48)61(47-24-16-23-42(37-47)43-33-34-52-51-27-12-15-32-56(51)62-57(52)38-43)55-31-14-11-26-50(55)53-29-18-22-41-21-17-28-49(58(41)53)40-19-8-7-9-20-40/h7-39H,1-6H3. The van der Waals surface area contributed by atoms with E-state index in [1.807, 2.05) is 12.1 Å². The molecular weight excluding hydrogens is 751 g/mol. The van der Waals surface area contributed by atoms with E-state index in [2.05, 4.69) is 234 Å². The monoisotopic (exact) mass is 801 g/mol. The number of rotatable bonds is 7. The normalized spacial score (nSPS) is 12.0. The van der Waals surface area contributed by atoms with Crippen LogP contribution in [0.15, 0.2) is 205 Å². The van der Waals surface area contributed by atoms with Crippen molar-refractivity contribution in [3.63, 3.8) is 0 Å². The Hall–Kier alpha value is -7.16. The zero-order valence-corrected chi connectivity index (χ0v) is 36.4. The van der Waals surface area contributed by atoms with Gasteiger partial charge in [-0.15, -0.1) is 0 Å². The Balaban J connectivity index is 1.23. The third kappa shape index (κ3) is 7.16. The maximum atomic E-state index is 6.39. The van der Waals surface area contributed by atoms with E-state index < -0.39 is 0 Å². The fourth-order valence-corrected chi connectivity index (χ4v) is 9.02. The maximum Gasteiger partial charge on any atom is 0.136 e. The van der Waals surface area contributed by atoms with Crippen LogP contribution < -0.4 is 4.90 Å². The summed E-state index contributed by atoms with van der Waals surface area (Å²) in [6.45, 7) is 13.9. The van der Waals surface area contributed by atoms with Crippen molar-refractivity contribution >= 4 is 49.8 Å². The minimum Gasteiger partial charge on any atom is -0.456 e. The van der Waals surface area contributed by atoms with Crippen molar-refractivity contribution < 1.29 is 4.42 Å². The Morgan fingerprint density at radius 2 is 0.903 bits per heavy atom. The first-order chi connectivity index (χ1) is 30.0. The van der Waals surface area contributed by atoms with Crippen LogP contribution in [0.3, 0.4) is 0 Å². The van der Waals surface area contributed by atoms with E-state index in [1.54, 1.807) is 0 Å². The van der Waals surface area contributed by atoms with Gasteiger partial charge >= 0.3 is 0 Å². The molecule has 0 atom stereocenters. The van der Waals surface area contributed by atoms with Gasteiger partial charge in [0.2, 0.25) is 0 Å². The molecule has 0 N–H and O–H groups in total. The van der Waals surface area contributed by atoms with E-state index in [1.165, 1.54) is 49.7 Å². The lowest BCUT2D eigenvalue weighted by atomic mass is 9.78. The van der Waals surface area contributed by atoms with Gasteiger partial charge in [-0.25, -0.2) is 0 Å². The average molecular weight is 802 g/mol. The molecule has 0 aliphatic rings. The second-order valence-corrected chi connectivity index (χ2v) is 18.6. The summed E-state index contributed by atoms with van der Waals surface area (Å²) < 4.78 is 6.39. The van der Waals surface area contributed by atoms with E-state index >= 15 is 0 Å². The van der Waals surface area contributed by atoms with Crippen LogP contribution in [0.25, 0.3) is 77.2 Å². The van der Waals surface area contributed by atoms with Gasteiger partial charge in [0.15, 0.2) is 0 Å². The summed E-state index contributed by atoms with van der Waals surface area (Å²) in [7, 11) is 0. The molecule has 0 radical (unpaired) electrons. The molecule has 302 valence electrons. The van der Waals surface area contributed by atoms with E-state index in [-0.39, 0.29) is 10.8 Å². The summed E-state index contributed by atoms with van der Waals surface area (Å²) in [4.78, 5) is 2.48. The van der Waals surface area contributed by atoms with Crippen molar-refractivity contribution in [3.05, 3.63) is 211 Å². The zero-order chi connectivity index (χ0) is 42.6. The molecule has 9 aromatic carbocycles. The van der Waals surface area contributed by atoms with Crippen molar-refractivity contribution in [2.24, 2.45) is 0 Å². The van der Waals surface area contributed by atoms with Crippen molar-refractivity contribution in [1.29, 1.82) is 0 Å². The number of para-hydroxylation sites is 3. The van der Waals surface area contributed by atoms with Crippen LogP contribution in [0.4, 0.5) is 17.1 Å². The highest BCUT2D eigenvalue weighted by Crippen LogP contribution is 2.48. The first-order valence-electron chi connectivity index (χ1n) is 21.8. The molecule has 0 bridgehead atoms. The van der Waals surface area contributed by atoms with Gasteiger partial charge < -0.3 is 9.32 Å². The Morgan fingerprint density at radius 3 is 1.63 bits per heavy atom. The Kier molecular flexibility index (Phi) is 9.68. The molecule has 0 spiro atoms. The fourth-order valence-electron chi connectivity index (χ4n) is 9.02. The van der Waals surface area contributed by atoms with E-state index in [9.17, 15) is 0 Å². The highest BCUT2D eigenvalue weighted by atomic mass is 16.3. The molecular formula is C60H51NO. The Bertz CT molecular complexity index is 3230. The fraction of sp³-hybridized carbons (Fsp3) is 0.133. The van der Waals surface area contributed by atoms with Crippen LogP contribution in [0, 0.1) is 0 Å². The minimum atomic E-state index is -0.0304. The van der Waals surface area contributed by atoms with Crippen LogP contribution in [-0.4, -0.2) is 0 Å². The van der Waals surface area contributed by atoms with Crippen molar-refractivity contribution in [2.45, 2.75) is 52.4 Å². The number of anilines is 3. The van der Waals surface area contributed by atoms with Crippen molar-refractivity contribution in [2.75, 3.05) is 4.90 Å². The molecule has 2 nitrogen and oxygen atoms in total. The lowest BCUT2D eigenvalue weighted by molar-refractivity contribution is 0.569. The highest BCUT2D eigenvalue weighted by Gasteiger charge is 2.25. The van der Waals surface area contributed by atoms with E-state index in [4.69, 9.17) is 4.42 Å². The summed E-state index contributed by atoms with van der Waals surface area (Å²) in [5.41, 5.74) is 17.0. The first kappa shape index (κ1) is 39.0. The number of furan rings is 1. The third-order valence-corrected chi connectivity index (χ3v) is 12.4. The van der Waals surface area contributed by atoms with E-state index in [0.29, 0.717) is 0 Å². The molecule has 0 saturated heterocycles. The molecule has 62 heavy (non-hydrogen) atoms. The molecule has 10 aromatic rings. The predicted molar refractivity (Wildman–Crippen MR) is 265 cm³/mol. The van der Waals surface area contributed by atoms with Crippen LogP contribution in [0.2, 0.25) is 0 Å². The summed E-state index contributed by atoms with van der Waals surface area (Å²) in [6.07, 6.45) is 0. The van der Waals surface area contributed by atoms with Crippen LogP contribution in [0.5, 0.6) is 0 Å². The van der Waals surface area contributed by atoms with Crippen LogP contribution in [0.1, 0.15) is 52.7 Å². The summed E-state index contributed by atoms with van der Waals surface area (Å²) in [5, 5.41) is 4.71. The third-order valence-electron chi connectivity index (χ3n) is 12.4. The molecule has 0 saturated carbocycles. The zero-order valence-electron chi connectivity index (χ0n) is 36.4. The SMILES string of the molecule is CC(C)(C)c1cc(-c2ccccc2N(c2cccc(-c3ccc4c(c3)oc3ccccc34)c2)c2ccccc2-c2cccc3cccc(-c4ccccc4)c23)cc(C(C)(C)C)c1. The quantitative estimate of drug-likeness (QED) is 0.160. The Morgan fingerprint density at radius 1 is 0.355 bits per heavy atom. The van der Waals surface area contributed by atoms with Gasteiger partial charge in [0.25, 0.3) is 0 Å². The lowest BCUT2D eigenvalue weighted by Gasteiger charge is -2.31. The number of benzene rings is 9. The second kappa shape index (κ2) is 15.4. The first-order valence-corrected chi connectivity index (χ1v) is 21.8. The largest absolute Gasteiger partial charge is 0.456 e. The molecule has 1 heterocycles. The van der Waals surface area contributed by atoms with Gasteiger partial charge in [0.1, 0.15) is 11.2 Å². The van der Waals surface area contributed by atoms with Crippen molar-refractivity contribution in [3.8, 4) is 44.5 Å². The Labute approximate surface area is 365 Å². The number of nitrogens with zero attached hydrogens (tertiary/aromatic N) is 1. The summed E-state index contributed by atoms with van der Waals surface area (Å²) >= 11 is 0. The molecule has 10 rings (SSSR count). The van der Waals surface area contributed by atoms with Crippen LogP contribution in [-0.2, 0) is 10.8 Å². The van der Waals surface area contributed by atoms with Crippen molar-refractivity contribution in [1.82, 2.24) is 0 Å². The highest BCUT2D eigenvalue weighted by molar-refractivity contribution is 6.09. The van der Waals surface area contributed by atoms with Gasteiger partial charge in [0.05, 0.1) is 11.4 Å². The van der Waals surface area contributed by atoms with E-state index in [0.717, 1.165) is 55.7 Å². The molecule has 0 fully saturated rings. The molecule has 0 aliphatic heterocycles. The summed E-state index contributed by atoms with van der Waals surface area (Å²) in [5.74, 6) is 0. The van der Waals surface area contributed by atoms with Gasteiger partial charge in [0, 0.05) is 27.6 Å². The number of hydrogen-bond acceptors (Lipinski definition) is 2. The molecule has 0 amide bonds. The van der Waals surface area contributed by atoms with Crippen LogP contribution >= 0.6 is 0 Å². The maximum absolute atomic E-state index is 6.39. The lowest BCUT2D eigenvalue weighted by Crippen LogP contribution is -2.17. The molecule has 2 heteroatoms. The minimum absolute atomic E-state index is 0.0304. The van der Waals surface area contributed by atoms with Gasteiger partial charge in [-0.2, -0.15) is 0 Å². The number of hydrogen-bond donors (Lipinski definition) is 0.